The quantitative estimate of drug-likeness (QED) is 0.802. The number of hydrogen-bond acceptors (Lipinski definition) is 5. The third-order valence-electron chi connectivity index (χ3n) is 3.67. The molecule has 0 aliphatic rings. The van der Waals surface area contributed by atoms with Crippen molar-refractivity contribution < 1.29 is 0 Å². The molecule has 0 fully saturated rings. The molecule has 0 saturated heterocycles. The Morgan fingerprint density at radius 3 is 2.04 bits per heavy atom. The van der Waals surface area contributed by atoms with Gasteiger partial charge in [-0.05, 0) is 43.7 Å². The van der Waals surface area contributed by atoms with Gasteiger partial charge in [0, 0.05) is 11.2 Å². The van der Waals surface area contributed by atoms with E-state index in [1.165, 1.54) is 11.1 Å². The lowest BCUT2D eigenvalue weighted by Crippen LogP contribution is -2.27. The van der Waals surface area contributed by atoms with Crippen LogP contribution in [-0.4, -0.2) is 20.7 Å². The Balaban J connectivity index is 2.39. The molecule has 1 aromatic heterocycles. The van der Waals surface area contributed by atoms with Crippen molar-refractivity contribution >= 4 is 17.5 Å². The van der Waals surface area contributed by atoms with Gasteiger partial charge in [-0.25, -0.2) is 0 Å². The fourth-order valence-electron chi connectivity index (χ4n) is 2.61. The zero-order chi connectivity index (χ0) is 17.9. The molecule has 2 rings (SSSR count). The van der Waals surface area contributed by atoms with Crippen LogP contribution in [0.4, 0.5) is 17.5 Å². The van der Waals surface area contributed by atoms with Crippen molar-refractivity contribution in [1.29, 1.82) is 0 Å². The molecule has 0 bridgehead atoms. The molecule has 0 radical (unpaired) electrons. The lowest BCUT2D eigenvalue weighted by atomic mass is 9.93. The fraction of sp³-hybridized carbons (Fsp3) is 0.526. The largest absolute Gasteiger partial charge is 0.364 e. The Kier molecular flexibility index (Phi) is 5.42. The molecular formula is C19H29N5. The van der Waals surface area contributed by atoms with E-state index in [1.807, 2.05) is 0 Å². The van der Waals surface area contributed by atoms with Crippen LogP contribution in [0.3, 0.4) is 0 Å². The molecule has 0 amide bonds. The van der Waals surface area contributed by atoms with Gasteiger partial charge in [0.2, 0.25) is 5.95 Å². The van der Waals surface area contributed by atoms with Crippen molar-refractivity contribution in [1.82, 2.24) is 15.2 Å². The SMILES string of the molecule is CC(C)c1cccc(C(C)C)c1Nc1nncc(NC(C)(C)C)n1. The molecular weight excluding hydrogens is 298 g/mol. The van der Waals surface area contributed by atoms with Gasteiger partial charge >= 0.3 is 0 Å². The summed E-state index contributed by atoms with van der Waals surface area (Å²) >= 11 is 0. The maximum absolute atomic E-state index is 4.56. The maximum atomic E-state index is 4.56. The van der Waals surface area contributed by atoms with E-state index in [0.717, 1.165) is 5.69 Å². The van der Waals surface area contributed by atoms with Crippen molar-refractivity contribution in [3.8, 4) is 0 Å². The zero-order valence-corrected chi connectivity index (χ0v) is 15.8. The molecule has 130 valence electrons. The molecule has 2 N–H and O–H groups in total. The topological polar surface area (TPSA) is 62.7 Å². The predicted octanol–water partition coefficient (Wildman–Crippen LogP) is 5.07. The second kappa shape index (κ2) is 7.16. The van der Waals surface area contributed by atoms with Gasteiger partial charge < -0.3 is 10.6 Å². The number of nitrogens with zero attached hydrogens (tertiary/aromatic N) is 3. The molecule has 0 unspecified atom stereocenters. The van der Waals surface area contributed by atoms with Crippen LogP contribution in [0.25, 0.3) is 0 Å². The van der Waals surface area contributed by atoms with Crippen LogP contribution < -0.4 is 10.6 Å². The van der Waals surface area contributed by atoms with Gasteiger partial charge in [0.15, 0.2) is 5.82 Å². The van der Waals surface area contributed by atoms with Gasteiger partial charge in [0.25, 0.3) is 0 Å². The zero-order valence-electron chi connectivity index (χ0n) is 15.8. The summed E-state index contributed by atoms with van der Waals surface area (Å²) in [7, 11) is 0. The number of rotatable bonds is 5. The van der Waals surface area contributed by atoms with Crippen LogP contribution in [-0.2, 0) is 0 Å². The molecule has 1 heterocycles. The summed E-state index contributed by atoms with van der Waals surface area (Å²) in [5.41, 5.74) is 3.54. The van der Waals surface area contributed by atoms with Gasteiger partial charge in [0.1, 0.15) is 0 Å². The van der Waals surface area contributed by atoms with E-state index in [0.29, 0.717) is 23.6 Å². The van der Waals surface area contributed by atoms with Gasteiger partial charge in [0.05, 0.1) is 6.20 Å². The smallest absolute Gasteiger partial charge is 0.249 e. The second-order valence-corrected chi connectivity index (χ2v) is 7.79. The summed E-state index contributed by atoms with van der Waals surface area (Å²) in [5.74, 6) is 2.05. The minimum absolute atomic E-state index is 0.0771. The minimum atomic E-state index is -0.0771. The van der Waals surface area contributed by atoms with E-state index in [-0.39, 0.29) is 5.54 Å². The molecule has 0 atom stereocenters. The maximum Gasteiger partial charge on any atom is 0.249 e. The lowest BCUT2D eigenvalue weighted by molar-refractivity contribution is 0.629. The van der Waals surface area contributed by atoms with E-state index < -0.39 is 0 Å². The first-order valence-corrected chi connectivity index (χ1v) is 8.55. The fourth-order valence-corrected chi connectivity index (χ4v) is 2.61. The molecule has 0 aliphatic heterocycles. The van der Waals surface area contributed by atoms with Gasteiger partial charge in [-0.1, -0.05) is 45.9 Å². The van der Waals surface area contributed by atoms with E-state index >= 15 is 0 Å². The lowest BCUT2D eigenvalue weighted by Gasteiger charge is -2.22. The average Bonchev–Trinajstić information content (AvgIpc) is 2.45. The number of hydrogen-bond donors (Lipinski definition) is 2. The van der Waals surface area contributed by atoms with Crippen LogP contribution in [0, 0.1) is 0 Å². The van der Waals surface area contributed by atoms with Crippen LogP contribution in [0.1, 0.15) is 71.4 Å². The van der Waals surface area contributed by atoms with E-state index in [9.17, 15) is 0 Å². The summed E-state index contributed by atoms with van der Waals surface area (Å²) in [4.78, 5) is 4.56. The van der Waals surface area contributed by atoms with E-state index in [4.69, 9.17) is 0 Å². The number of para-hydroxylation sites is 1. The average molecular weight is 327 g/mol. The van der Waals surface area contributed by atoms with Crippen LogP contribution in [0.2, 0.25) is 0 Å². The van der Waals surface area contributed by atoms with Gasteiger partial charge in [-0.2, -0.15) is 10.1 Å². The molecule has 5 nitrogen and oxygen atoms in total. The normalized spacial score (nSPS) is 11.9. The Hall–Kier alpha value is -2.17. The summed E-state index contributed by atoms with van der Waals surface area (Å²) in [6.45, 7) is 15.1. The minimum Gasteiger partial charge on any atom is -0.364 e. The highest BCUT2D eigenvalue weighted by Gasteiger charge is 2.16. The Morgan fingerprint density at radius 2 is 1.54 bits per heavy atom. The molecule has 5 heteroatoms. The molecule has 24 heavy (non-hydrogen) atoms. The van der Waals surface area contributed by atoms with Crippen LogP contribution in [0.5, 0.6) is 0 Å². The molecule has 0 saturated carbocycles. The third kappa shape index (κ3) is 4.66. The number of aromatic nitrogens is 3. The molecule has 2 aromatic rings. The van der Waals surface area contributed by atoms with Crippen molar-refractivity contribution in [2.24, 2.45) is 0 Å². The van der Waals surface area contributed by atoms with E-state index in [2.05, 4.69) is 92.5 Å². The number of nitrogens with one attached hydrogen (secondary N) is 2. The number of anilines is 3. The molecule has 0 aliphatic carbocycles. The summed E-state index contributed by atoms with van der Waals surface area (Å²) in [6, 6.07) is 6.43. The highest BCUT2D eigenvalue weighted by Crippen LogP contribution is 2.33. The third-order valence-corrected chi connectivity index (χ3v) is 3.67. The number of benzene rings is 1. The highest BCUT2D eigenvalue weighted by atomic mass is 15.3. The summed E-state index contributed by atoms with van der Waals surface area (Å²) < 4.78 is 0. The van der Waals surface area contributed by atoms with Crippen LogP contribution >= 0.6 is 0 Å². The Morgan fingerprint density at radius 1 is 0.958 bits per heavy atom. The monoisotopic (exact) mass is 327 g/mol. The standard InChI is InChI=1S/C19H29N5/c1-12(2)14-9-8-10-15(13(3)4)17(14)22-18-21-16(11-20-24-18)23-19(5,6)7/h8-13H,1-7H3,(H2,21,22,23,24). The first-order valence-electron chi connectivity index (χ1n) is 8.55. The van der Waals surface area contributed by atoms with Crippen molar-refractivity contribution in [2.75, 3.05) is 10.6 Å². The predicted molar refractivity (Wildman–Crippen MR) is 101 cm³/mol. The van der Waals surface area contributed by atoms with E-state index in [1.54, 1.807) is 6.20 Å². The van der Waals surface area contributed by atoms with Crippen molar-refractivity contribution in [2.45, 2.75) is 65.8 Å². The van der Waals surface area contributed by atoms with Gasteiger partial charge in [-0.15, -0.1) is 5.10 Å². The molecule has 1 aromatic carbocycles. The first kappa shape index (κ1) is 18.2. The van der Waals surface area contributed by atoms with Crippen molar-refractivity contribution in [3.63, 3.8) is 0 Å². The van der Waals surface area contributed by atoms with Gasteiger partial charge in [-0.3, -0.25) is 0 Å². The Bertz CT molecular complexity index is 660. The second-order valence-electron chi connectivity index (χ2n) is 7.79. The van der Waals surface area contributed by atoms with Crippen molar-refractivity contribution in [3.05, 3.63) is 35.5 Å². The molecule has 0 spiro atoms. The first-order chi connectivity index (χ1) is 11.2. The summed E-state index contributed by atoms with van der Waals surface area (Å²) in [5, 5.41) is 15.0. The Labute approximate surface area is 145 Å². The summed E-state index contributed by atoms with van der Waals surface area (Å²) in [6.07, 6.45) is 1.65. The highest BCUT2D eigenvalue weighted by molar-refractivity contribution is 5.65. The van der Waals surface area contributed by atoms with Crippen LogP contribution in [0.15, 0.2) is 24.4 Å².